The van der Waals surface area contributed by atoms with Gasteiger partial charge in [0.15, 0.2) is 0 Å². The van der Waals surface area contributed by atoms with Crippen molar-refractivity contribution >= 4 is 92.1 Å². The molecule has 2 atom stereocenters. The van der Waals surface area contributed by atoms with Gasteiger partial charge in [0.1, 0.15) is 10.0 Å². The molecule has 2 heterocycles. The highest BCUT2D eigenvalue weighted by Crippen LogP contribution is 2.46. The zero-order valence-corrected chi connectivity index (χ0v) is 37.1. The molecule has 0 amide bonds. The molecule has 51 heavy (non-hydrogen) atoms. The minimum atomic E-state index is -3.18. The second-order valence-electron chi connectivity index (χ2n) is 12.1. The van der Waals surface area contributed by atoms with Gasteiger partial charge in [0.25, 0.3) is 0 Å². The third-order valence-electron chi connectivity index (χ3n) is 7.68. The van der Waals surface area contributed by atoms with Crippen LogP contribution in [-0.2, 0) is 26.6 Å². The van der Waals surface area contributed by atoms with Crippen molar-refractivity contribution in [2.24, 2.45) is 0 Å². The summed E-state index contributed by atoms with van der Waals surface area (Å²) in [4.78, 5) is 10.3. The van der Waals surface area contributed by atoms with Crippen LogP contribution in [0, 0.1) is 0 Å². The largest absolute Gasteiger partial charge is 0.512 e. The molecule has 0 aliphatic heterocycles. The molecule has 0 spiro atoms. The molecular weight excluding hydrogens is 773 g/mol. The van der Waals surface area contributed by atoms with Crippen LogP contribution in [0.2, 0.25) is 0 Å². The summed E-state index contributed by atoms with van der Waals surface area (Å²) in [6.45, 7) is 16.4. The van der Waals surface area contributed by atoms with E-state index in [1.807, 2.05) is 33.7 Å². The Morgan fingerprint density at radius 3 is 1.12 bits per heavy atom. The van der Waals surface area contributed by atoms with E-state index in [-0.39, 0.29) is 11.1 Å². The maximum Gasteiger partial charge on any atom is 0.512 e. The zero-order chi connectivity index (χ0) is 36.4. The number of hydrogen-bond acceptors (Lipinski definition) is 13. The lowest BCUT2D eigenvalue weighted by atomic mass is 10.3. The van der Waals surface area contributed by atoms with E-state index in [2.05, 4.69) is 77.9 Å². The van der Waals surface area contributed by atoms with Crippen LogP contribution in [0.3, 0.4) is 0 Å². The van der Waals surface area contributed by atoms with Crippen molar-refractivity contribution in [2.45, 2.75) is 91.1 Å². The minimum Gasteiger partial charge on any atom is -0.373 e. The summed E-state index contributed by atoms with van der Waals surface area (Å²) in [6.07, 6.45) is 5.35. The molecule has 0 saturated heterocycles. The molecule has 15 heteroatoms. The Hall–Kier alpha value is -0.536. The summed E-state index contributed by atoms with van der Waals surface area (Å²) in [5.41, 5.74) is 1.81. The van der Waals surface area contributed by atoms with Crippen LogP contribution in [0.4, 0.5) is 0 Å². The van der Waals surface area contributed by atoms with Gasteiger partial charge in [0.2, 0.25) is 0 Å². The van der Waals surface area contributed by atoms with Gasteiger partial charge in [-0.3, -0.25) is 0 Å². The van der Waals surface area contributed by atoms with E-state index in [0.717, 1.165) is 71.1 Å². The maximum atomic E-state index is 6.72. The van der Waals surface area contributed by atoms with Gasteiger partial charge in [-0.2, -0.15) is 0 Å². The summed E-state index contributed by atoms with van der Waals surface area (Å²) in [5, 5.41) is 2.05. The molecule has 0 fully saturated rings. The molecule has 2 aromatic heterocycles. The second-order valence-corrected chi connectivity index (χ2v) is 24.1. The molecule has 0 bridgehead atoms. The fourth-order valence-electron chi connectivity index (χ4n) is 5.27. The van der Waals surface area contributed by atoms with Crippen LogP contribution in [0.15, 0.2) is 48.5 Å². The lowest BCUT2D eigenvalue weighted by molar-refractivity contribution is 0.0515. The number of benzene rings is 2. The average molecular weight is 829 g/mol. The van der Waals surface area contributed by atoms with E-state index in [1.165, 1.54) is 9.40 Å². The van der Waals surface area contributed by atoms with Crippen molar-refractivity contribution in [2.75, 3.05) is 51.1 Å². The van der Waals surface area contributed by atoms with Crippen LogP contribution in [0.25, 0.3) is 20.4 Å². The highest BCUT2D eigenvalue weighted by Gasteiger charge is 2.53. The van der Waals surface area contributed by atoms with Gasteiger partial charge in [0.05, 0.1) is 31.5 Å². The minimum absolute atomic E-state index is 0.0974. The smallest absolute Gasteiger partial charge is 0.373 e. The van der Waals surface area contributed by atoms with E-state index in [9.17, 15) is 0 Å². The molecule has 0 N–H and O–H groups in total. The number of nitrogens with zero attached hydrogens (tertiary/aromatic N) is 2. The molecule has 2 unspecified atom stereocenters. The highest BCUT2D eigenvalue weighted by molar-refractivity contribution is 9.09. The Labute approximate surface area is 327 Å². The first-order valence-electron chi connectivity index (χ1n) is 18.4. The van der Waals surface area contributed by atoms with Gasteiger partial charge in [-0.1, -0.05) is 87.4 Å². The van der Waals surface area contributed by atoms with Crippen LogP contribution in [0.1, 0.15) is 101 Å². The Balaban J connectivity index is 1.62. The predicted molar refractivity (Wildman–Crippen MR) is 226 cm³/mol. The molecule has 8 nitrogen and oxygen atoms in total. The van der Waals surface area contributed by atoms with Crippen molar-refractivity contribution in [3.63, 3.8) is 0 Å². The summed E-state index contributed by atoms with van der Waals surface area (Å²) >= 11 is 3.46. The standard InChI is InChI=1S/C36H56N2O6S5Si2/c1-7-21-39-50(40-22-8-2,41-23-9-3)33(35-37-29-17-13-15-19-31(29)47-35)27-45-49-46-28-34(36-38-30-18-14-16-20-32(30)48-36)51(42-24-10-4,43-25-11-5)44-26-12-6/h13-20,33-34H,7-12,21-28H2,1-6H3. The van der Waals surface area contributed by atoms with Crippen LogP contribution >= 0.6 is 54.1 Å². The predicted octanol–water partition coefficient (Wildman–Crippen LogP) is 11.3. The Morgan fingerprint density at radius 1 is 0.510 bits per heavy atom. The molecule has 0 aliphatic rings. The van der Waals surface area contributed by atoms with Gasteiger partial charge in [-0.05, 0) is 72.6 Å². The zero-order valence-electron chi connectivity index (χ0n) is 31.1. The maximum absolute atomic E-state index is 6.72. The van der Waals surface area contributed by atoms with Crippen LogP contribution < -0.4 is 0 Å². The summed E-state index contributed by atoms with van der Waals surface area (Å²) in [6, 6.07) is 16.7. The first-order chi connectivity index (χ1) is 25.0. The Morgan fingerprint density at radius 2 is 0.824 bits per heavy atom. The first-order valence-corrected chi connectivity index (χ1v) is 27.5. The molecule has 284 valence electrons. The number of fused-ring (bicyclic) bond motifs is 2. The average Bonchev–Trinajstić information content (AvgIpc) is 3.79. The highest BCUT2D eigenvalue weighted by atomic mass is 33.5. The number of rotatable bonds is 28. The first kappa shape index (κ1) is 43.2. The molecule has 0 aliphatic carbocycles. The number of aromatic nitrogens is 2. The molecule has 0 saturated carbocycles. The van der Waals surface area contributed by atoms with E-state index < -0.39 is 17.6 Å². The third kappa shape index (κ3) is 12.2. The van der Waals surface area contributed by atoms with Crippen molar-refractivity contribution < 1.29 is 26.6 Å². The summed E-state index contributed by atoms with van der Waals surface area (Å²) in [7, 11) is -0.934. The van der Waals surface area contributed by atoms with Crippen molar-refractivity contribution in [1.82, 2.24) is 9.97 Å². The lowest BCUT2D eigenvalue weighted by Gasteiger charge is -2.35. The Kier molecular flexibility index (Phi) is 19.8. The van der Waals surface area contributed by atoms with Gasteiger partial charge in [-0.25, -0.2) is 9.97 Å². The molecule has 2 aromatic carbocycles. The van der Waals surface area contributed by atoms with Crippen LogP contribution in [-0.4, -0.2) is 78.7 Å². The SMILES string of the molecule is CCCO[Si](OCCC)(OCCC)C(CSSSCC(c1nc2ccccc2s1)[Si](OCCC)(OCCC)OCCC)c1nc2ccccc2s1. The van der Waals surface area contributed by atoms with Crippen LogP contribution in [0.5, 0.6) is 0 Å². The summed E-state index contributed by atoms with van der Waals surface area (Å²) in [5.74, 6) is 1.50. The second kappa shape index (κ2) is 23.4. The normalized spacial score (nSPS) is 13.8. The number of para-hydroxylation sites is 2. The lowest BCUT2D eigenvalue weighted by Crippen LogP contribution is -2.53. The molecule has 0 radical (unpaired) electrons. The van der Waals surface area contributed by atoms with E-state index in [1.54, 1.807) is 32.5 Å². The van der Waals surface area contributed by atoms with E-state index >= 15 is 0 Å². The summed E-state index contributed by atoms with van der Waals surface area (Å²) < 4.78 is 42.6. The topological polar surface area (TPSA) is 81.2 Å². The molecular formula is C36H56N2O6S5Si2. The van der Waals surface area contributed by atoms with Gasteiger partial charge < -0.3 is 26.6 Å². The molecule has 4 rings (SSSR count). The van der Waals surface area contributed by atoms with E-state index in [4.69, 9.17) is 36.5 Å². The fraction of sp³-hybridized carbons (Fsp3) is 0.611. The number of hydrogen-bond donors (Lipinski definition) is 0. The van der Waals surface area contributed by atoms with Crippen molar-refractivity contribution in [3.8, 4) is 0 Å². The Bertz CT molecular complexity index is 1330. The van der Waals surface area contributed by atoms with Crippen molar-refractivity contribution in [1.29, 1.82) is 0 Å². The van der Waals surface area contributed by atoms with Gasteiger partial charge in [-0.15, -0.1) is 22.7 Å². The number of thiazole rings is 2. The van der Waals surface area contributed by atoms with E-state index in [0.29, 0.717) is 39.6 Å². The monoisotopic (exact) mass is 828 g/mol. The quantitative estimate of drug-likeness (QED) is 0.0312. The fourth-order valence-corrected chi connectivity index (χ4v) is 20.6. The molecule has 4 aromatic rings. The third-order valence-corrected chi connectivity index (χ3v) is 21.5. The van der Waals surface area contributed by atoms with Gasteiger partial charge in [0, 0.05) is 51.1 Å². The van der Waals surface area contributed by atoms with Crippen molar-refractivity contribution in [3.05, 3.63) is 58.5 Å². The van der Waals surface area contributed by atoms with Gasteiger partial charge >= 0.3 is 17.6 Å².